The third-order valence-corrected chi connectivity index (χ3v) is 5.19. The first kappa shape index (κ1) is 15.4. The summed E-state index contributed by atoms with van der Waals surface area (Å²) in [6, 6.07) is 10.5. The van der Waals surface area contributed by atoms with E-state index in [0.29, 0.717) is 6.04 Å². The van der Waals surface area contributed by atoms with Crippen LogP contribution in [0.5, 0.6) is 0 Å². The Balaban J connectivity index is 2.32. The summed E-state index contributed by atoms with van der Waals surface area (Å²) >= 11 is 3.40. The highest BCUT2D eigenvalue weighted by molar-refractivity contribution is 7.98. The molecule has 0 radical (unpaired) electrons. The Morgan fingerprint density at radius 1 is 1.35 bits per heavy atom. The van der Waals surface area contributed by atoms with Crippen molar-refractivity contribution in [2.24, 2.45) is 0 Å². The number of hydrogen-bond acceptors (Lipinski definition) is 5. The molecule has 2 rings (SSSR count). The molecule has 0 saturated heterocycles. The molecule has 0 aliphatic rings. The zero-order chi connectivity index (χ0) is 14.5. The monoisotopic (exact) mass is 308 g/mol. The Hall–Kier alpha value is -1.04. The van der Waals surface area contributed by atoms with Gasteiger partial charge in [0.2, 0.25) is 0 Å². The Kier molecular flexibility index (Phi) is 5.46. The Morgan fingerprint density at radius 3 is 2.65 bits per heavy atom. The van der Waals surface area contributed by atoms with Crippen molar-refractivity contribution in [1.82, 2.24) is 4.98 Å². The molecule has 0 amide bonds. The zero-order valence-corrected chi connectivity index (χ0v) is 13.7. The standard InChI is InChI=1S/C15H20N2OS2/c1-11(10-19-3)17(2)15-16-14(13(9-18)20-15)12-7-5-4-6-8-12/h4-8,11,18H,9-10H2,1-3H3. The third-order valence-electron chi connectivity index (χ3n) is 3.25. The van der Waals surface area contributed by atoms with Gasteiger partial charge in [-0.2, -0.15) is 11.8 Å². The predicted octanol–water partition coefficient (Wildman–Crippen LogP) is 3.49. The number of thioether (sulfide) groups is 1. The van der Waals surface area contributed by atoms with Gasteiger partial charge in [-0.05, 0) is 13.2 Å². The lowest BCUT2D eigenvalue weighted by Crippen LogP contribution is -2.30. The molecule has 0 aliphatic carbocycles. The second kappa shape index (κ2) is 7.11. The van der Waals surface area contributed by atoms with Gasteiger partial charge in [0, 0.05) is 24.4 Å². The lowest BCUT2D eigenvalue weighted by Gasteiger charge is -2.23. The van der Waals surface area contributed by atoms with Crippen LogP contribution in [-0.2, 0) is 6.61 Å². The van der Waals surface area contributed by atoms with Crippen molar-refractivity contribution in [3.8, 4) is 11.3 Å². The van der Waals surface area contributed by atoms with Gasteiger partial charge in [0.15, 0.2) is 5.13 Å². The molecule has 1 atom stereocenters. The number of anilines is 1. The van der Waals surface area contributed by atoms with Gasteiger partial charge in [-0.1, -0.05) is 41.7 Å². The van der Waals surface area contributed by atoms with E-state index in [1.807, 2.05) is 42.1 Å². The predicted molar refractivity (Wildman–Crippen MR) is 89.7 cm³/mol. The number of aliphatic hydroxyl groups excluding tert-OH is 1. The first-order chi connectivity index (χ1) is 9.67. The van der Waals surface area contributed by atoms with E-state index in [0.717, 1.165) is 27.0 Å². The molecule has 3 nitrogen and oxygen atoms in total. The molecule has 2 aromatic rings. The first-order valence-corrected chi connectivity index (χ1v) is 8.76. The van der Waals surface area contributed by atoms with Crippen LogP contribution in [0, 0.1) is 0 Å². The minimum Gasteiger partial charge on any atom is -0.391 e. The van der Waals surface area contributed by atoms with Crippen LogP contribution in [0.1, 0.15) is 11.8 Å². The molecule has 1 aromatic heterocycles. The van der Waals surface area contributed by atoms with Crippen molar-refractivity contribution in [3.63, 3.8) is 0 Å². The normalized spacial score (nSPS) is 12.4. The van der Waals surface area contributed by atoms with E-state index in [9.17, 15) is 5.11 Å². The quantitative estimate of drug-likeness (QED) is 0.886. The fourth-order valence-electron chi connectivity index (χ4n) is 1.96. The van der Waals surface area contributed by atoms with E-state index in [4.69, 9.17) is 4.98 Å². The molecule has 108 valence electrons. The fraction of sp³-hybridized carbons (Fsp3) is 0.400. The summed E-state index contributed by atoms with van der Waals surface area (Å²) in [5.41, 5.74) is 1.96. The van der Waals surface area contributed by atoms with E-state index < -0.39 is 0 Å². The minimum atomic E-state index is 0.0344. The van der Waals surface area contributed by atoms with E-state index in [-0.39, 0.29) is 6.61 Å². The van der Waals surface area contributed by atoms with Gasteiger partial charge in [0.1, 0.15) is 0 Å². The van der Waals surface area contributed by atoms with E-state index in [1.54, 1.807) is 11.3 Å². The van der Waals surface area contributed by atoms with Crippen LogP contribution in [0.15, 0.2) is 30.3 Å². The third kappa shape index (κ3) is 3.34. The van der Waals surface area contributed by atoms with Crippen LogP contribution in [0.3, 0.4) is 0 Å². The molecular weight excluding hydrogens is 288 g/mol. The van der Waals surface area contributed by atoms with E-state index >= 15 is 0 Å². The second-order valence-electron chi connectivity index (χ2n) is 4.71. The van der Waals surface area contributed by atoms with Gasteiger partial charge in [-0.3, -0.25) is 0 Å². The molecule has 0 spiro atoms. The SMILES string of the molecule is CSCC(C)N(C)c1nc(-c2ccccc2)c(CO)s1. The first-order valence-electron chi connectivity index (χ1n) is 6.55. The molecule has 0 fully saturated rings. The summed E-state index contributed by atoms with van der Waals surface area (Å²) in [6.45, 7) is 2.23. The number of rotatable bonds is 6. The molecular formula is C15H20N2OS2. The van der Waals surface area contributed by atoms with Gasteiger partial charge in [-0.15, -0.1) is 0 Å². The van der Waals surface area contributed by atoms with Gasteiger partial charge < -0.3 is 10.0 Å². The molecule has 1 aromatic carbocycles. The number of aromatic nitrogens is 1. The highest BCUT2D eigenvalue weighted by Crippen LogP contribution is 2.33. The maximum Gasteiger partial charge on any atom is 0.186 e. The molecule has 0 aliphatic heterocycles. The Bertz CT molecular complexity index is 542. The number of benzene rings is 1. The van der Waals surface area contributed by atoms with Crippen molar-refractivity contribution < 1.29 is 5.11 Å². The molecule has 1 N–H and O–H groups in total. The topological polar surface area (TPSA) is 36.4 Å². The Morgan fingerprint density at radius 2 is 2.05 bits per heavy atom. The molecule has 0 bridgehead atoms. The van der Waals surface area contributed by atoms with Crippen molar-refractivity contribution >= 4 is 28.2 Å². The molecule has 1 heterocycles. The van der Waals surface area contributed by atoms with Crippen molar-refractivity contribution in [1.29, 1.82) is 0 Å². The summed E-state index contributed by atoms with van der Waals surface area (Å²) < 4.78 is 0. The average molecular weight is 308 g/mol. The molecule has 20 heavy (non-hydrogen) atoms. The van der Waals surface area contributed by atoms with Gasteiger partial charge in [-0.25, -0.2) is 4.98 Å². The highest BCUT2D eigenvalue weighted by Gasteiger charge is 2.17. The van der Waals surface area contributed by atoms with Crippen molar-refractivity contribution in [2.45, 2.75) is 19.6 Å². The second-order valence-corrected chi connectivity index (χ2v) is 6.68. The van der Waals surface area contributed by atoms with Crippen molar-refractivity contribution in [2.75, 3.05) is 24.0 Å². The van der Waals surface area contributed by atoms with Crippen LogP contribution >= 0.6 is 23.1 Å². The average Bonchev–Trinajstić information content (AvgIpc) is 2.91. The smallest absolute Gasteiger partial charge is 0.186 e. The summed E-state index contributed by atoms with van der Waals surface area (Å²) in [5, 5.41) is 10.5. The number of nitrogens with zero attached hydrogens (tertiary/aromatic N) is 2. The summed E-state index contributed by atoms with van der Waals surface area (Å²) in [5.74, 6) is 1.06. The van der Waals surface area contributed by atoms with Crippen LogP contribution in [0.2, 0.25) is 0 Å². The summed E-state index contributed by atoms with van der Waals surface area (Å²) in [6.07, 6.45) is 2.11. The zero-order valence-electron chi connectivity index (χ0n) is 12.0. The van der Waals surface area contributed by atoms with Gasteiger partial charge in [0.25, 0.3) is 0 Å². The number of hydrogen-bond donors (Lipinski definition) is 1. The van der Waals surface area contributed by atoms with Gasteiger partial charge in [0.05, 0.1) is 17.2 Å². The van der Waals surface area contributed by atoms with Crippen LogP contribution in [0.4, 0.5) is 5.13 Å². The maximum atomic E-state index is 9.56. The summed E-state index contributed by atoms with van der Waals surface area (Å²) in [4.78, 5) is 7.84. The number of thiazole rings is 1. The van der Waals surface area contributed by atoms with Crippen LogP contribution in [-0.4, -0.2) is 35.2 Å². The van der Waals surface area contributed by atoms with E-state index in [2.05, 4.69) is 25.1 Å². The molecule has 1 unspecified atom stereocenters. The Labute approximate surface area is 128 Å². The highest BCUT2D eigenvalue weighted by atomic mass is 32.2. The van der Waals surface area contributed by atoms with Crippen LogP contribution < -0.4 is 4.90 Å². The van der Waals surface area contributed by atoms with Crippen LogP contribution in [0.25, 0.3) is 11.3 Å². The molecule has 0 saturated carbocycles. The maximum absolute atomic E-state index is 9.56. The lowest BCUT2D eigenvalue weighted by molar-refractivity contribution is 0.286. The largest absolute Gasteiger partial charge is 0.391 e. The minimum absolute atomic E-state index is 0.0344. The lowest BCUT2D eigenvalue weighted by atomic mass is 10.1. The fourth-order valence-corrected chi connectivity index (χ4v) is 3.67. The van der Waals surface area contributed by atoms with Gasteiger partial charge >= 0.3 is 0 Å². The van der Waals surface area contributed by atoms with E-state index in [1.165, 1.54) is 0 Å². The summed E-state index contributed by atoms with van der Waals surface area (Å²) in [7, 11) is 2.07. The molecule has 5 heteroatoms. The van der Waals surface area contributed by atoms with Crippen molar-refractivity contribution in [3.05, 3.63) is 35.2 Å². The number of aliphatic hydroxyl groups is 1.